The van der Waals surface area contributed by atoms with E-state index in [2.05, 4.69) is 0 Å². The first-order valence-corrected chi connectivity index (χ1v) is 5.96. The number of rotatable bonds is 0. The summed E-state index contributed by atoms with van der Waals surface area (Å²) in [7, 11) is 23.8. The molecule has 0 amide bonds. The summed E-state index contributed by atoms with van der Waals surface area (Å²) < 4.78 is 2.04. The fraction of sp³-hybridized carbons (Fsp3) is 0. The molecule has 0 N–H and O–H groups in total. The van der Waals surface area contributed by atoms with Gasteiger partial charge in [-0.1, -0.05) is 29.1 Å². The molecule has 3 aromatic rings. The standard InChI is InChI=1S/C12H4B4S/c13-8-7-5-3-1-2-4-6(5)17-12(7)11(16)10(15)9(8)14/h1-4H. The van der Waals surface area contributed by atoms with Crippen LogP contribution in [0.1, 0.15) is 0 Å². The third-order valence-electron chi connectivity index (χ3n) is 2.98. The molecule has 8 radical (unpaired) electrons. The lowest BCUT2D eigenvalue weighted by Gasteiger charge is -2.12. The van der Waals surface area contributed by atoms with Gasteiger partial charge in [-0.3, -0.25) is 0 Å². The molecule has 1 heterocycles. The Labute approximate surface area is 109 Å². The van der Waals surface area contributed by atoms with Crippen molar-refractivity contribution >= 4 is 84.7 Å². The van der Waals surface area contributed by atoms with Crippen molar-refractivity contribution in [2.24, 2.45) is 0 Å². The molecule has 0 saturated heterocycles. The first-order valence-electron chi connectivity index (χ1n) is 5.14. The SMILES string of the molecule is [B]c1c([B])c([B])c2c(sc3ccccc32)c1[B]. The van der Waals surface area contributed by atoms with Crippen LogP contribution in [0.2, 0.25) is 0 Å². The van der Waals surface area contributed by atoms with Crippen molar-refractivity contribution in [1.82, 2.24) is 0 Å². The van der Waals surface area contributed by atoms with Crippen LogP contribution < -0.4 is 21.9 Å². The zero-order valence-electron chi connectivity index (χ0n) is 9.03. The van der Waals surface area contributed by atoms with Gasteiger partial charge in [-0.15, -0.1) is 22.3 Å². The first-order chi connectivity index (χ1) is 8.11. The summed E-state index contributed by atoms with van der Waals surface area (Å²) in [6.07, 6.45) is 0. The van der Waals surface area contributed by atoms with Crippen LogP contribution in [0.15, 0.2) is 24.3 Å². The summed E-state index contributed by atoms with van der Waals surface area (Å²) in [6, 6.07) is 8.00. The van der Waals surface area contributed by atoms with E-state index in [9.17, 15) is 0 Å². The van der Waals surface area contributed by atoms with Crippen LogP contribution in [0.5, 0.6) is 0 Å². The van der Waals surface area contributed by atoms with Crippen molar-refractivity contribution in [3.8, 4) is 0 Å². The number of hydrogen-bond acceptors (Lipinski definition) is 1. The smallest absolute Gasteiger partial charge is 0.114 e. The van der Waals surface area contributed by atoms with Crippen LogP contribution in [0.25, 0.3) is 20.2 Å². The van der Waals surface area contributed by atoms with Gasteiger partial charge in [0.05, 0.1) is 0 Å². The molecule has 0 aliphatic carbocycles. The highest BCUT2D eigenvalue weighted by atomic mass is 32.1. The Bertz CT molecular complexity index is 745. The van der Waals surface area contributed by atoms with E-state index in [4.69, 9.17) is 31.4 Å². The average Bonchev–Trinajstić information content (AvgIpc) is 2.73. The molecule has 2 aromatic carbocycles. The Hall–Kier alpha value is -1.08. The van der Waals surface area contributed by atoms with Gasteiger partial charge in [0.25, 0.3) is 0 Å². The van der Waals surface area contributed by atoms with Gasteiger partial charge in [-0.2, -0.15) is 0 Å². The van der Waals surface area contributed by atoms with Gasteiger partial charge in [0, 0.05) is 9.40 Å². The van der Waals surface area contributed by atoms with Crippen LogP contribution >= 0.6 is 11.3 Å². The molecule has 70 valence electrons. The van der Waals surface area contributed by atoms with Gasteiger partial charge in [0.1, 0.15) is 31.4 Å². The largest absolute Gasteiger partial charge is 0.136 e. The van der Waals surface area contributed by atoms with E-state index in [1.165, 1.54) is 0 Å². The van der Waals surface area contributed by atoms with E-state index < -0.39 is 0 Å². The Kier molecular flexibility index (Phi) is 2.41. The molecule has 3 rings (SSSR count). The molecular weight excluding hydrogens is 219 g/mol. The maximum absolute atomic E-state index is 6.04. The molecule has 0 saturated carbocycles. The van der Waals surface area contributed by atoms with E-state index >= 15 is 0 Å². The molecule has 0 bridgehead atoms. The minimum atomic E-state index is 0.374. The third kappa shape index (κ3) is 1.42. The van der Waals surface area contributed by atoms with Gasteiger partial charge in [0.15, 0.2) is 0 Å². The lowest BCUT2D eigenvalue weighted by molar-refractivity contribution is 1.87. The minimum absolute atomic E-state index is 0.374. The molecule has 5 heteroatoms. The van der Waals surface area contributed by atoms with Gasteiger partial charge in [-0.05, 0) is 16.8 Å². The van der Waals surface area contributed by atoms with Gasteiger partial charge < -0.3 is 0 Å². The van der Waals surface area contributed by atoms with Crippen molar-refractivity contribution in [2.45, 2.75) is 0 Å². The minimum Gasteiger partial charge on any atom is -0.136 e. The number of thiophene rings is 1. The van der Waals surface area contributed by atoms with Crippen LogP contribution in [0, 0.1) is 0 Å². The number of hydrogen-bond donors (Lipinski definition) is 0. The second-order valence-corrected chi connectivity index (χ2v) is 5.01. The lowest BCUT2D eigenvalue weighted by atomic mass is 9.66. The highest BCUT2D eigenvalue weighted by Crippen LogP contribution is 2.30. The van der Waals surface area contributed by atoms with Crippen molar-refractivity contribution in [3.05, 3.63) is 24.3 Å². The van der Waals surface area contributed by atoms with Crippen LogP contribution in [-0.4, -0.2) is 31.4 Å². The first kappa shape index (κ1) is 11.0. The van der Waals surface area contributed by atoms with Gasteiger partial charge in [-0.25, -0.2) is 0 Å². The molecule has 0 fully saturated rings. The zero-order chi connectivity index (χ0) is 12.2. The van der Waals surface area contributed by atoms with E-state index in [1.54, 1.807) is 11.3 Å². The summed E-state index contributed by atoms with van der Waals surface area (Å²) in [4.78, 5) is 0. The Morgan fingerprint density at radius 1 is 0.765 bits per heavy atom. The molecule has 0 spiro atoms. The molecule has 0 atom stereocenters. The maximum atomic E-state index is 6.04. The normalized spacial score (nSPS) is 11.3. The highest BCUT2D eigenvalue weighted by Gasteiger charge is 2.12. The summed E-state index contributed by atoms with van der Waals surface area (Å²) in [5.74, 6) is 0. The summed E-state index contributed by atoms with van der Waals surface area (Å²) in [5.41, 5.74) is 1.79. The van der Waals surface area contributed by atoms with Crippen LogP contribution in [-0.2, 0) is 0 Å². The topological polar surface area (TPSA) is 0 Å². The molecule has 0 aliphatic heterocycles. The van der Waals surface area contributed by atoms with E-state index in [0.717, 1.165) is 20.2 Å². The average molecular weight is 223 g/mol. The van der Waals surface area contributed by atoms with Crippen molar-refractivity contribution < 1.29 is 0 Å². The highest BCUT2D eigenvalue weighted by molar-refractivity contribution is 7.27. The number of benzene rings is 2. The monoisotopic (exact) mass is 224 g/mol. The predicted octanol–water partition coefficient (Wildman–Crippen LogP) is -0.770. The molecule has 0 unspecified atom stereocenters. The molecule has 17 heavy (non-hydrogen) atoms. The van der Waals surface area contributed by atoms with Crippen molar-refractivity contribution in [2.75, 3.05) is 0 Å². The molecule has 1 aromatic heterocycles. The Morgan fingerprint density at radius 3 is 2.18 bits per heavy atom. The van der Waals surface area contributed by atoms with E-state index in [0.29, 0.717) is 21.9 Å². The quantitative estimate of drug-likeness (QED) is 0.439. The van der Waals surface area contributed by atoms with Gasteiger partial charge >= 0.3 is 0 Å². The van der Waals surface area contributed by atoms with Gasteiger partial charge in [0.2, 0.25) is 0 Å². The predicted molar refractivity (Wildman–Crippen MR) is 80.9 cm³/mol. The van der Waals surface area contributed by atoms with Crippen LogP contribution in [0.4, 0.5) is 0 Å². The fourth-order valence-corrected chi connectivity index (χ4v) is 3.24. The summed E-state index contributed by atoms with van der Waals surface area (Å²) in [5, 5.41) is 1.98. The fourth-order valence-electron chi connectivity index (χ4n) is 2.05. The number of fused-ring (bicyclic) bond motifs is 3. The maximum Gasteiger partial charge on any atom is 0.114 e. The third-order valence-corrected chi connectivity index (χ3v) is 4.18. The Morgan fingerprint density at radius 2 is 1.41 bits per heavy atom. The Balaban J connectivity index is 2.67. The van der Waals surface area contributed by atoms with Crippen molar-refractivity contribution in [3.63, 3.8) is 0 Å². The second kappa shape index (κ2) is 3.71. The molecule has 0 aliphatic rings. The van der Waals surface area contributed by atoms with Crippen molar-refractivity contribution in [1.29, 1.82) is 0 Å². The van der Waals surface area contributed by atoms with Crippen LogP contribution in [0.3, 0.4) is 0 Å². The van der Waals surface area contributed by atoms with E-state index in [1.807, 2.05) is 24.3 Å². The summed E-state index contributed by atoms with van der Waals surface area (Å²) in [6.45, 7) is 0. The zero-order valence-corrected chi connectivity index (χ0v) is 9.84. The van der Waals surface area contributed by atoms with E-state index in [-0.39, 0.29) is 0 Å². The molecule has 0 nitrogen and oxygen atoms in total. The summed E-state index contributed by atoms with van der Waals surface area (Å²) >= 11 is 1.58. The lowest BCUT2D eigenvalue weighted by Crippen LogP contribution is -2.47. The molecular formula is C12H4B4S. The second-order valence-electron chi connectivity index (χ2n) is 3.96.